The molecule has 2 aliphatic rings. The van der Waals surface area contributed by atoms with Crippen LogP contribution in [0.5, 0.6) is 5.75 Å². The van der Waals surface area contributed by atoms with E-state index in [2.05, 4.69) is 26.1 Å². The number of thiazole rings is 1. The van der Waals surface area contributed by atoms with Crippen molar-refractivity contribution in [1.29, 1.82) is 0 Å². The molecular formula is C31H37ClN6O9S2. The van der Waals surface area contributed by atoms with Gasteiger partial charge < -0.3 is 35.0 Å². The normalized spacial score (nSPS) is 18.0. The Labute approximate surface area is 296 Å². The number of hydrogen-bond donors (Lipinski definition) is 3. The van der Waals surface area contributed by atoms with Crippen molar-refractivity contribution in [2.75, 3.05) is 30.6 Å². The molecule has 0 aliphatic carbocycles. The number of benzene rings is 1. The Morgan fingerprint density at radius 3 is 2.59 bits per heavy atom. The first-order valence-corrected chi connectivity index (χ1v) is 17.6. The van der Waals surface area contributed by atoms with Crippen LogP contribution in [0.1, 0.15) is 45.4 Å². The van der Waals surface area contributed by atoms with E-state index in [1.807, 2.05) is 0 Å². The van der Waals surface area contributed by atoms with E-state index >= 15 is 0 Å². The summed E-state index contributed by atoms with van der Waals surface area (Å²) in [6.07, 6.45) is -0.448. The van der Waals surface area contributed by atoms with Crippen molar-refractivity contribution < 1.29 is 43.0 Å². The number of alkyl carbamates (subject to hydrolysis) is 1. The molecule has 1 saturated heterocycles. The Hall–Kier alpha value is -4.35. The fraction of sp³-hybridized carbons (Fsp3) is 0.452. The first-order chi connectivity index (χ1) is 23.4. The van der Waals surface area contributed by atoms with Gasteiger partial charge in [0.05, 0.1) is 13.7 Å². The maximum Gasteiger partial charge on any atom is 0.407 e. The first-order valence-electron chi connectivity index (χ1n) is 15.1. The number of ether oxygens (including phenoxy) is 3. The first kappa shape index (κ1) is 37.5. The summed E-state index contributed by atoms with van der Waals surface area (Å²) in [5.41, 5.74) is 0.408. The maximum atomic E-state index is 13.6. The van der Waals surface area contributed by atoms with Gasteiger partial charge in [0.2, 0.25) is 6.41 Å². The Morgan fingerprint density at radius 2 is 1.96 bits per heavy atom. The third kappa shape index (κ3) is 9.64. The van der Waals surface area contributed by atoms with Crippen molar-refractivity contribution in [1.82, 2.24) is 20.5 Å². The second-order valence-electron chi connectivity index (χ2n) is 11.6. The summed E-state index contributed by atoms with van der Waals surface area (Å²) in [4.78, 5) is 74.6. The summed E-state index contributed by atoms with van der Waals surface area (Å²) in [6, 6.07) is 5.97. The fourth-order valence-corrected chi connectivity index (χ4v) is 6.86. The van der Waals surface area contributed by atoms with Crippen molar-refractivity contribution in [3.05, 3.63) is 52.2 Å². The number of alkyl halides is 1. The minimum absolute atomic E-state index is 0.00397. The highest BCUT2D eigenvalue weighted by molar-refractivity contribution is 8.00. The number of esters is 1. The van der Waals surface area contributed by atoms with Crippen LogP contribution in [0.15, 0.2) is 46.1 Å². The number of anilines is 1. The number of carbonyl (C=O) groups excluding carboxylic acids is 5. The quantitative estimate of drug-likeness (QED) is 0.0608. The average Bonchev–Trinajstić information content (AvgIpc) is 3.54. The Morgan fingerprint density at radius 1 is 1.22 bits per heavy atom. The molecule has 264 valence electrons. The molecule has 1 aromatic heterocycles. The Bertz CT molecular complexity index is 1610. The number of carbonyl (C=O) groups is 5. The van der Waals surface area contributed by atoms with E-state index in [0.29, 0.717) is 29.9 Å². The fourth-order valence-electron chi connectivity index (χ4n) is 4.52. The standard InChI is InChI=1S/C31H37ClN6O9S2/c1-6-19(12-33-30(43)46-31(2,3)4)47-37-22(21-15-49-29(35-21)34-16-39)25(40)36-23-26(41)38-24(18(11-32)14-48-27(23)38)28(42)45-13-17-7-9-20(44-5)10-8-17/h7-10,15-16,19,23,27H,6,11-14H2,1-5H3,(H,33,43)(H,36,40)(H,34,35,39)/t19?,23?,27-/m1/s1. The number of β-lactam (4-membered cyclic amide) rings is 1. The second kappa shape index (κ2) is 16.8. The zero-order chi connectivity index (χ0) is 35.7. The summed E-state index contributed by atoms with van der Waals surface area (Å²) in [5.74, 6) is -1.05. The van der Waals surface area contributed by atoms with Crippen LogP contribution in [-0.2, 0) is 40.1 Å². The molecule has 0 spiro atoms. The highest BCUT2D eigenvalue weighted by Crippen LogP contribution is 2.41. The van der Waals surface area contributed by atoms with Crippen LogP contribution in [0.4, 0.5) is 9.93 Å². The highest BCUT2D eigenvalue weighted by atomic mass is 35.5. The van der Waals surface area contributed by atoms with Gasteiger partial charge in [0.1, 0.15) is 46.9 Å². The molecule has 0 saturated carbocycles. The molecule has 2 unspecified atom stereocenters. The van der Waals surface area contributed by atoms with Gasteiger partial charge in [-0.25, -0.2) is 14.6 Å². The van der Waals surface area contributed by atoms with E-state index in [1.54, 1.807) is 59.1 Å². The van der Waals surface area contributed by atoms with Crippen molar-refractivity contribution in [2.45, 2.75) is 63.8 Å². The molecule has 2 aromatic rings. The second-order valence-corrected chi connectivity index (χ2v) is 13.9. The number of aromatic nitrogens is 1. The van der Waals surface area contributed by atoms with Gasteiger partial charge in [-0.05, 0) is 50.5 Å². The largest absolute Gasteiger partial charge is 0.497 e. The summed E-state index contributed by atoms with van der Waals surface area (Å²) < 4.78 is 15.9. The predicted molar refractivity (Wildman–Crippen MR) is 183 cm³/mol. The smallest absolute Gasteiger partial charge is 0.407 e. The molecule has 3 atom stereocenters. The molecule has 15 nitrogen and oxygen atoms in total. The number of amides is 4. The third-order valence-electron chi connectivity index (χ3n) is 6.98. The van der Waals surface area contributed by atoms with E-state index in [1.165, 1.54) is 22.0 Å². The Balaban J connectivity index is 1.47. The minimum Gasteiger partial charge on any atom is -0.497 e. The minimum atomic E-state index is -1.02. The number of methoxy groups -OCH3 is 1. The number of nitrogens with zero attached hydrogens (tertiary/aromatic N) is 3. The van der Waals surface area contributed by atoms with Crippen molar-refractivity contribution in [3.63, 3.8) is 0 Å². The summed E-state index contributed by atoms with van der Waals surface area (Å²) in [7, 11) is 1.55. The molecule has 49 heavy (non-hydrogen) atoms. The van der Waals surface area contributed by atoms with Crippen LogP contribution in [-0.4, -0.2) is 94.3 Å². The average molecular weight is 737 g/mol. The van der Waals surface area contributed by atoms with Gasteiger partial charge in [-0.3, -0.25) is 19.3 Å². The van der Waals surface area contributed by atoms with Gasteiger partial charge in [-0.1, -0.05) is 24.2 Å². The lowest BCUT2D eigenvalue weighted by Gasteiger charge is -2.49. The highest BCUT2D eigenvalue weighted by Gasteiger charge is 2.54. The van der Waals surface area contributed by atoms with Gasteiger partial charge >= 0.3 is 12.1 Å². The van der Waals surface area contributed by atoms with Crippen molar-refractivity contribution in [2.24, 2.45) is 5.16 Å². The molecule has 3 N–H and O–H groups in total. The van der Waals surface area contributed by atoms with Crippen LogP contribution in [0.2, 0.25) is 0 Å². The summed E-state index contributed by atoms with van der Waals surface area (Å²) in [6.45, 7) is 6.99. The van der Waals surface area contributed by atoms with Crippen LogP contribution >= 0.6 is 34.7 Å². The van der Waals surface area contributed by atoms with Gasteiger partial charge in [-0.2, -0.15) is 0 Å². The molecule has 4 rings (SSSR count). The molecule has 0 radical (unpaired) electrons. The molecule has 1 aromatic carbocycles. The molecule has 18 heteroatoms. The van der Waals surface area contributed by atoms with Crippen molar-refractivity contribution in [3.8, 4) is 5.75 Å². The van der Waals surface area contributed by atoms with E-state index in [9.17, 15) is 24.0 Å². The number of rotatable bonds is 15. The zero-order valence-corrected chi connectivity index (χ0v) is 29.8. The molecule has 2 aliphatic heterocycles. The van der Waals surface area contributed by atoms with Crippen LogP contribution < -0.4 is 20.7 Å². The molecule has 4 amide bonds. The Kier molecular flexibility index (Phi) is 12.9. The SMILES string of the molecule is CCC(CNC(=O)OC(C)(C)C)ON=C(C(=O)NC1C(=O)N2C(C(=O)OCc3ccc(OC)cc3)=C(CCl)CS[C@H]12)c1csc(NC=O)n1. The molecular weight excluding hydrogens is 700 g/mol. The van der Waals surface area contributed by atoms with E-state index in [0.717, 1.165) is 16.9 Å². The number of hydrogen-bond acceptors (Lipinski definition) is 13. The summed E-state index contributed by atoms with van der Waals surface area (Å²) >= 11 is 8.54. The van der Waals surface area contributed by atoms with E-state index < -0.39 is 47.0 Å². The van der Waals surface area contributed by atoms with E-state index in [-0.39, 0.29) is 41.3 Å². The van der Waals surface area contributed by atoms with Gasteiger partial charge in [0.15, 0.2) is 10.8 Å². The van der Waals surface area contributed by atoms with Crippen LogP contribution in [0.3, 0.4) is 0 Å². The number of oxime groups is 1. The number of fused-ring (bicyclic) bond motifs is 1. The lowest BCUT2D eigenvalue weighted by Crippen LogP contribution is -2.71. The monoisotopic (exact) mass is 736 g/mol. The van der Waals surface area contributed by atoms with Gasteiger partial charge in [-0.15, -0.1) is 34.7 Å². The van der Waals surface area contributed by atoms with Gasteiger partial charge in [0.25, 0.3) is 11.8 Å². The number of halogens is 1. The van der Waals surface area contributed by atoms with Gasteiger partial charge in [0, 0.05) is 17.0 Å². The summed E-state index contributed by atoms with van der Waals surface area (Å²) in [5, 5.41) is 12.8. The lowest BCUT2D eigenvalue weighted by atomic mass is 10.0. The topological polar surface area (TPSA) is 187 Å². The van der Waals surface area contributed by atoms with Crippen LogP contribution in [0, 0.1) is 0 Å². The van der Waals surface area contributed by atoms with E-state index in [4.69, 9.17) is 30.6 Å². The number of nitrogens with one attached hydrogen (secondary N) is 3. The van der Waals surface area contributed by atoms with Crippen molar-refractivity contribution >= 4 is 75.8 Å². The molecule has 3 heterocycles. The zero-order valence-electron chi connectivity index (χ0n) is 27.4. The predicted octanol–water partition coefficient (Wildman–Crippen LogP) is 3.38. The third-order valence-corrected chi connectivity index (χ3v) is 9.42. The molecule has 0 bridgehead atoms. The lowest BCUT2D eigenvalue weighted by molar-refractivity contribution is -0.153. The number of thioether (sulfide) groups is 1. The van der Waals surface area contributed by atoms with Crippen LogP contribution in [0.25, 0.3) is 0 Å². The molecule has 1 fully saturated rings. The maximum absolute atomic E-state index is 13.6.